The van der Waals surface area contributed by atoms with Gasteiger partial charge >= 0.3 is 0 Å². The van der Waals surface area contributed by atoms with Crippen molar-refractivity contribution in [3.05, 3.63) is 0 Å². The second kappa shape index (κ2) is 5.61. The van der Waals surface area contributed by atoms with E-state index in [4.69, 9.17) is 4.74 Å². The van der Waals surface area contributed by atoms with E-state index in [9.17, 15) is 0 Å². The molecule has 0 aliphatic carbocycles. The lowest BCUT2D eigenvalue weighted by atomic mass is 10.1. The first-order valence-corrected chi connectivity index (χ1v) is 5.55. The molecule has 0 aromatic heterocycles. The van der Waals surface area contributed by atoms with Crippen molar-refractivity contribution in [2.75, 3.05) is 26.3 Å². The number of hydrogen-bond donors (Lipinski definition) is 0. The van der Waals surface area contributed by atoms with Gasteiger partial charge in [0.25, 0.3) is 0 Å². The van der Waals surface area contributed by atoms with Crippen LogP contribution in [0.15, 0.2) is 0 Å². The largest absolute Gasteiger partial charge is 0.381 e. The lowest BCUT2D eigenvalue weighted by Gasteiger charge is -2.20. The van der Waals surface area contributed by atoms with Crippen LogP contribution in [0.3, 0.4) is 0 Å². The Morgan fingerprint density at radius 2 is 2.23 bits per heavy atom. The Hall–Kier alpha value is -0.0800. The molecule has 1 saturated heterocycles. The van der Waals surface area contributed by atoms with Crippen LogP contribution in [0.25, 0.3) is 0 Å². The second-order valence-electron chi connectivity index (χ2n) is 4.32. The van der Waals surface area contributed by atoms with Crippen LogP contribution in [0.2, 0.25) is 0 Å². The molecule has 0 bridgehead atoms. The summed E-state index contributed by atoms with van der Waals surface area (Å²) < 4.78 is 5.57. The summed E-state index contributed by atoms with van der Waals surface area (Å²) in [5, 5.41) is 0. The molecule has 1 atom stereocenters. The van der Waals surface area contributed by atoms with Crippen molar-refractivity contribution < 1.29 is 4.74 Å². The van der Waals surface area contributed by atoms with Gasteiger partial charge in [0.1, 0.15) is 0 Å². The standard InChI is InChI=1S/C11H23NO/c1-4-7-13-9-11-5-6-12(8-11)10(2)3/h10-11H,4-9H2,1-3H3. The molecule has 0 radical (unpaired) electrons. The fourth-order valence-corrected chi connectivity index (χ4v) is 1.86. The molecule has 1 unspecified atom stereocenters. The predicted octanol–water partition coefficient (Wildman–Crippen LogP) is 2.14. The van der Waals surface area contributed by atoms with Crippen molar-refractivity contribution in [2.45, 2.75) is 39.7 Å². The first-order chi connectivity index (χ1) is 6.24. The van der Waals surface area contributed by atoms with Crippen LogP contribution in [0.1, 0.15) is 33.6 Å². The van der Waals surface area contributed by atoms with Gasteiger partial charge in [-0.3, -0.25) is 0 Å². The van der Waals surface area contributed by atoms with Crippen LogP contribution >= 0.6 is 0 Å². The van der Waals surface area contributed by atoms with E-state index < -0.39 is 0 Å². The van der Waals surface area contributed by atoms with Crippen LogP contribution in [0.5, 0.6) is 0 Å². The van der Waals surface area contributed by atoms with Crippen molar-refractivity contribution in [1.82, 2.24) is 4.90 Å². The zero-order chi connectivity index (χ0) is 9.68. The van der Waals surface area contributed by atoms with Crippen LogP contribution < -0.4 is 0 Å². The maximum Gasteiger partial charge on any atom is 0.0506 e. The van der Waals surface area contributed by atoms with Crippen LogP contribution in [-0.4, -0.2) is 37.2 Å². The van der Waals surface area contributed by atoms with Crippen molar-refractivity contribution in [3.8, 4) is 0 Å². The SMILES string of the molecule is CCCOCC1CCN(C(C)C)C1. The normalized spacial score (nSPS) is 24.5. The van der Waals surface area contributed by atoms with E-state index in [0.29, 0.717) is 6.04 Å². The molecule has 0 spiro atoms. The summed E-state index contributed by atoms with van der Waals surface area (Å²) in [5.41, 5.74) is 0. The number of nitrogens with zero attached hydrogens (tertiary/aromatic N) is 1. The zero-order valence-corrected chi connectivity index (χ0v) is 9.25. The maximum atomic E-state index is 5.57. The van der Waals surface area contributed by atoms with Gasteiger partial charge in [-0.15, -0.1) is 0 Å². The molecule has 2 heteroatoms. The predicted molar refractivity (Wildman–Crippen MR) is 55.9 cm³/mol. The molecule has 0 saturated carbocycles. The van der Waals surface area contributed by atoms with Gasteiger partial charge in [0, 0.05) is 19.2 Å². The van der Waals surface area contributed by atoms with Crippen LogP contribution in [0, 0.1) is 5.92 Å². The Balaban J connectivity index is 2.10. The summed E-state index contributed by atoms with van der Waals surface area (Å²) >= 11 is 0. The van der Waals surface area contributed by atoms with Gasteiger partial charge in [0.05, 0.1) is 6.61 Å². The summed E-state index contributed by atoms with van der Waals surface area (Å²) in [4.78, 5) is 2.54. The number of rotatable bonds is 5. The third-order valence-electron chi connectivity index (χ3n) is 2.75. The number of likely N-dealkylation sites (tertiary alicyclic amines) is 1. The smallest absolute Gasteiger partial charge is 0.0506 e. The van der Waals surface area contributed by atoms with Gasteiger partial charge in [-0.1, -0.05) is 6.92 Å². The molecule has 1 heterocycles. The quantitative estimate of drug-likeness (QED) is 0.608. The van der Waals surface area contributed by atoms with E-state index in [1.165, 1.54) is 19.5 Å². The van der Waals surface area contributed by atoms with Crippen molar-refractivity contribution in [3.63, 3.8) is 0 Å². The fraction of sp³-hybridized carbons (Fsp3) is 1.00. The molecule has 0 aromatic carbocycles. The van der Waals surface area contributed by atoms with Crippen molar-refractivity contribution >= 4 is 0 Å². The third-order valence-corrected chi connectivity index (χ3v) is 2.75. The molecular formula is C11H23NO. The molecule has 0 aromatic rings. The van der Waals surface area contributed by atoms with Gasteiger partial charge in [0.2, 0.25) is 0 Å². The number of hydrogen-bond acceptors (Lipinski definition) is 2. The summed E-state index contributed by atoms with van der Waals surface area (Å²) in [6.07, 6.45) is 2.46. The Kier molecular flexibility index (Phi) is 4.74. The van der Waals surface area contributed by atoms with Crippen molar-refractivity contribution in [2.24, 2.45) is 5.92 Å². The van der Waals surface area contributed by atoms with Crippen LogP contribution in [-0.2, 0) is 4.74 Å². The first-order valence-electron chi connectivity index (χ1n) is 5.55. The topological polar surface area (TPSA) is 12.5 Å². The number of ether oxygens (including phenoxy) is 1. The highest BCUT2D eigenvalue weighted by Crippen LogP contribution is 2.18. The summed E-state index contributed by atoms with van der Waals surface area (Å²) in [5.74, 6) is 0.786. The van der Waals surface area contributed by atoms with E-state index in [1.54, 1.807) is 0 Å². The van der Waals surface area contributed by atoms with Gasteiger partial charge in [-0.05, 0) is 39.2 Å². The molecule has 0 amide bonds. The Morgan fingerprint density at radius 1 is 1.46 bits per heavy atom. The Labute approximate surface area is 82.3 Å². The average molecular weight is 185 g/mol. The molecule has 0 N–H and O–H groups in total. The van der Waals surface area contributed by atoms with Crippen LogP contribution in [0.4, 0.5) is 0 Å². The highest BCUT2D eigenvalue weighted by atomic mass is 16.5. The Bertz CT molecular complexity index is 136. The highest BCUT2D eigenvalue weighted by Gasteiger charge is 2.23. The van der Waals surface area contributed by atoms with Gasteiger partial charge in [-0.2, -0.15) is 0 Å². The van der Waals surface area contributed by atoms with Crippen molar-refractivity contribution in [1.29, 1.82) is 0 Å². The highest BCUT2D eigenvalue weighted by molar-refractivity contribution is 4.77. The minimum atomic E-state index is 0.705. The van der Waals surface area contributed by atoms with E-state index >= 15 is 0 Å². The first kappa shape index (κ1) is 11.0. The average Bonchev–Trinajstić information content (AvgIpc) is 2.53. The molecule has 2 nitrogen and oxygen atoms in total. The minimum Gasteiger partial charge on any atom is -0.381 e. The lowest BCUT2D eigenvalue weighted by molar-refractivity contribution is 0.0999. The van der Waals surface area contributed by atoms with E-state index in [0.717, 1.165) is 25.6 Å². The van der Waals surface area contributed by atoms with E-state index in [1.807, 2.05) is 0 Å². The van der Waals surface area contributed by atoms with Gasteiger partial charge in [-0.25, -0.2) is 0 Å². The second-order valence-corrected chi connectivity index (χ2v) is 4.32. The molecular weight excluding hydrogens is 162 g/mol. The summed E-state index contributed by atoms with van der Waals surface area (Å²) in [7, 11) is 0. The van der Waals surface area contributed by atoms with E-state index in [2.05, 4.69) is 25.7 Å². The summed E-state index contributed by atoms with van der Waals surface area (Å²) in [6, 6.07) is 0.705. The zero-order valence-electron chi connectivity index (χ0n) is 9.25. The fourth-order valence-electron chi connectivity index (χ4n) is 1.86. The molecule has 78 valence electrons. The van der Waals surface area contributed by atoms with E-state index in [-0.39, 0.29) is 0 Å². The van der Waals surface area contributed by atoms with Gasteiger partial charge in [0.15, 0.2) is 0 Å². The molecule has 1 fully saturated rings. The molecule has 1 aliphatic rings. The summed E-state index contributed by atoms with van der Waals surface area (Å²) in [6.45, 7) is 11.1. The molecule has 1 aliphatic heterocycles. The Morgan fingerprint density at radius 3 is 2.77 bits per heavy atom. The monoisotopic (exact) mass is 185 g/mol. The molecule has 1 rings (SSSR count). The third kappa shape index (κ3) is 3.65. The maximum absolute atomic E-state index is 5.57. The molecule has 13 heavy (non-hydrogen) atoms. The van der Waals surface area contributed by atoms with Gasteiger partial charge < -0.3 is 9.64 Å². The minimum absolute atomic E-state index is 0.705. The lowest BCUT2D eigenvalue weighted by Crippen LogP contribution is -2.28.